The number of esters is 1. The molecule has 19 nitrogen and oxygen atoms in total. The zero-order valence-electron chi connectivity index (χ0n) is 47.3. The second kappa shape index (κ2) is 26.9. The van der Waals surface area contributed by atoms with Gasteiger partial charge in [-0.3, -0.25) is 48.3 Å². The summed E-state index contributed by atoms with van der Waals surface area (Å²) in [7, 11) is 4.70. The van der Waals surface area contributed by atoms with Crippen molar-refractivity contribution in [1.82, 2.24) is 35.6 Å². The van der Waals surface area contributed by atoms with E-state index in [-0.39, 0.29) is 48.6 Å². The van der Waals surface area contributed by atoms with Crippen molar-refractivity contribution in [1.29, 1.82) is 0 Å². The first-order chi connectivity index (χ1) is 36.9. The van der Waals surface area contributed by atoms with E-state index in [1.54, 1.807) is 55.0 Å². The fourth-order valence-electron chi connectivity index (χ4n) is 10.3. The number of aliphatic imine (C=N–C) groups is 2. The molecule has 1 saturated heterocycles. The van der Waals surface area contributed by atoms with E-state index in [4.69, 9.17) is 14.7 Å². The number of benzene rings is 2. The Balaban J connectivity index is 1.40. The molecule has 12 atom stereocenters. The van der Waals surface area contributed by atoms with Crippen molar-refractivity contribution in [3.05, 3.63) is 71.8 Å². The summed E-state index contributed by atoms with van der Waals surface area (Å²) < 4.78 is 6.06. The quantitative estimate of drug-likeness (QED) is 0.262. The Labute approximate surface area is 468 Å². The molecule has 0 radical (unpaired) electrons. The maximum Gasteiger partial charge on any atom is 0.311 e. The lowest BCUT2D eigenvalue weighted by Gasteiger charge is -2.38. The Hall–Kier alpha value is -5.80. The highest BCUT2D eigenvalue weighted by Gasteiger charge is 2.47. The molecule has 2 aromatic rings. The van der Waals surface area contributed by atoms with Gasteiger partial charge in [-0.25, -0.2) is 0 Å². The SMILES string of the molecule is CC[C@H]1NC(=O)[C@@]2(C)CSC(=N2)C(Cc2ccccc2)N(C)C(=O)[C@@H]2CCCN2C(=O)C(C(C)C)N(C)C(=O)[C@H](Cc2ccccc2)OC(=O)[C@H](C)[C@@H](C)NC(=O)[C@H]([C@@H](C)O)NC(=O)C(CC(C)C)N(C)C(=O)[C@@H]2CSC1=N2. The van der Waals surface area contributed by atoms with Crippen LogP contribution in [0.4, 0.5) is 0 Å². The van der Waals surface area contributed by atoms with Crippen LogP contribution >= 0.6 is 23.5 Å². The molecular weight excluding hydrogens is 1030 g/mol. The van der Waals surface area contributed by atoms with Gasteiger partial charge in [-0.05, 0) is 82.8 Å². The summed E-state index contributed by atoms with van der Waals surface area (Å²) in [5, 5.41) is 20.6. The first-order valence-corrected chi connectivity index (χ1v) is 29.3. The predicted octanol–water partition coefficient (Wildman–Crippen LogP) is 3.89. The first kappa shape index (κ1) is 61.4. The molecule has 1 fully saturated rings. The molecule has 0 spiro atoms. The number of aliphatic hydroxyl groups is 1. The van der Waals surface area contributed by atoms with Crippen molar-refractivity contribution in [2.24, 2.45) is 27.7 Å². The minimum atomic E-state index is -1.50. The Morgan fingerprint density at radius 1 is 0.744 bits per heavy atom. The van der Waals surface area contributed by atoms with Crippen molar-refractivity contribution in [3.63, 3.8) is 0 Å². The third-order valence-electron chi connectivity index (χ3n) is 15.3. The van der Waals surface area contributed by atoms with E-state index in [1.807, 2.05) is 71.0 Å². The summed E-state index contributed by atoms with van der Waals surface area (Å²) in [5.41, 5.74) is 0.370. The number of nitrogens with one attached hydrogen (secondary N) is 3. The summed E-state index contributed by atoms with van der Waals surface area (Å²) >= 11 is 2.75. The van der Waals surface area contributed by atoms with E-state index in [1.165, 1.54) is 61.3 Å². The maximum atomic E-state index is 15.0. The van der Waals surface area contributed by atoms with Gasteiger partial charge in [0.25, 0.3) is 5.91 Å². The summed E-state index contributed by atoms with van der Waals surface area (Å²) in [5.74, 6) is -5.53. The largest absolute Gasteiger partial charge is 0.452 e. The van der Waals surface area contributed by atoms with Gasteiger partial charge in [-0.15, -0.1) is 23.5 Å². The Kier molecular flexibility index (Phi) is 21.2. The smallest absolute Gasteiger partial charge is 0.311 e. The lowest BCUT2D eigenvalue weighted by atomic mass is 9.98. The minimum Gasteiger partial charge on any atom is -0.452 e. The first-order valence-electron chi connectivity index (χ1n) is 27.3. The molecule has 4 N–H and O–H groups in total. The van der Waals surface area contributed by atoms with Gasteiger partial charge in [-0.2, -0.15) is 0 Å². The number of hydrogen-bond acceptors (Lipinski definition) is 14. The number of nitrogens with zero attached hydrogens (tertiary/aromatic N) is 6. The summed E-state index contributed by atoms with van der Waals surface area (Å²) in [4.78, 5) is 132. The number of thioether (sulfide) groups is 2. The van der Waals surface area contributed by atoms with Crippen LogP contribution in [-0.2, 0) is 55.9 Å². The maximum absolute atomic E-state index is 15.0. The van der Waals surface area contributed by atoms with Crippen LogP contribution in [-0.4, -0.2) is 187 Å². The van der Waals surface area contributed by atoms with E-state index >= 15 is 9.59 Å². The summed E-state index contributed by atoms with van der Waals surface area (Å²) in [6, 6.07) is 11.1. The number of cyclic esters (lactones) is 1. The molecule has 3 unspecified atom stereocenters. The third kappa shape index (κ3) is 14.5. The highest BCUT2D eigenvalue weighted by molar-refractivity contribution is 8.14. The zero-order valence-corrected chi connectivity index (χ0v) is 48.9. The number of rotatable bonds is 9. The molecule has 6 rings (SSSR count). The molecule has 0 aromatic heterocycles. The van der Waals surface area contributed by atoms with Gasteiger partial charge in [-0.1, -0.05) is 95.3 Å². The van der Waals surface area contributed by atoms with Crippen LogP contribution in [0.15, 0.2) is 70.6 Å². The van der Waals surface area contributed by atoms with E-state index < -0.39 is 113 Å². The van der Waals surface area contributed by atoms with E-state index in [0.29, 0.717) is 41.3 Å². The van der Waals surface area contributed by atoms with Gasteiger partial charge in [0.2, 0.25) is 35.4 Å². The van der Waals surface area contributed by atoms with E-state index in [0.717, 1.165) is 5.56 Å². The molecule has 78 heavy (non-hydrogen) atoms. The van der Waals surface area contributed by atoms with Gasteiger partial charge in [0.05, 0.1) is 34.2 Å². The van der Waals surface area contributed by atoms with Crippen LogP contribution < -0.4 is 16.0 Å². The molecule has 2 aromatic carbocycles. The number of fused-ring (bicyclic) bond motifs is 3. The van der Waals surface area contributed by atoms with Crippen LogP contribution in [0, 0.1) is 17.8 Å². The minimum absolute atomic E-state index is 0.0415. The average molecular weight is 1120 g/mol. The monoisotopic (exact) mass is 1120 g/mol. The summed E-state index contributed by atoms with van der Waals surface area (Å²) in [6.45, 7) is 15.8. The average Bonchev–Trinajstić information content (AvgIpc) is 4.24. The van der Waals surface area contributed by atoms with E-state index in [2.05, 4.69) is 16.0 Å². The van der Waals surface area contributed by atoms with Crippen molar-refractivity contribution < 1.29 is 48.2 Å². The number of likely N-dealkylation sites (N-methyl/N-ethyl adjacent to an activating group) is 3. The molecule has 4 aliphatic rings. The van der Waals surface area contributed by atoms with Gasteiger partial charge in [0.1, 0.15) is 35.7 Å². The lowest BCUT2D eigenvalue weighted by Crippen LogP contribution is -2.59. The highest BCUT2D eigenvalue weighted by Crippen LogP contribution is 2.34. The predicted molar refractivity (Wildman–Crippen MR) is 303 cm³/mol. The van der Waals surface area contributed by atoms with Gasteiger partial charge in [0.15, 0.2) is 6.10 Å². The molecule has 7 amide bonds. The van der Waals surface area contributed by atoms with Crippen molar-refractivity contribution >= 4 is 80.9 Å². The molecule has 426 valence electrons. The fraction of sp³-hybridized carbons (Fsp3) is 0.614. The molecule has 0 saturated carbocycles. The van der Waals surface area contributed by atoms with Gasteiger partial charge >= 0.3 is 5.97 Å². The lowest BCUT2D eigenvalue weighted by molar-refractivity contribution is -0.166. The molecule has 4 heterocycles. The standard InChI is InChI=1S/C57H81N9O10S2/c1-13-39-49-59-40(30-77-49)51(70)63(10)42(27-32(2)3)47(68)61-45(36(8)67)48(69)58-35(7)34(6)55(74)76-44(29-38-23-18-15-19-24-38)53(72)65(12)46(33(4)5)54(73)66-26-20-25-41(66)52(71)64(11)43(28-37-21-16-14-17-22-37)50-62-57(9,31-78-50)56(75)60-39/h14-19,21-24,32-36,39-46,67H,13,20,25-31H2,1-12H3,(H,58,69)(H,60,75)(H,61,68)/t34-,35-,36-,39-,40+,41+,42?,43?,44+,45+,46?,57-/m1/s1. The second-order valence-electron chi connectivity index (χ2n) is 22.2. The van der Waals surface area contributed by atoms with Crippen LogP contribution in [0.25, 0.3) is 0 Å². The Morgan fingerprint density at radius 3 is 1.95 bits per heavy atom. The zero-order chi connectivity index (χ0) is 57.3. The molecular formula is C57H81N9O10S2. The highest BCUT2D eigenvalue weighted by atomic mass is 32.2. The topological polar surface area (TPSA) is 240 Å². The number of aliphatic hydroxyl groups excluding tert-OH is 1. The van der Waals surface area contributed by atoms with Crippen LogP contribution in [0.1, 0.15) is 99.1 Å². The summed E-state index contributed by atoms with van der Waals surface area (Å²) in [6.07, 6.45) is -0.911. The molecule has 21 heteroatoms. The van der Waals surface area contributed by atoms with Crippen molar-refractivity contribution in [3.8, 4) is 0 Å². The number of hydrogen-bond donors (Lipinski definition) is 4. The van der Waals surface area contributed by atoms with Crippen molar-refractivity contribution in [2.75, 3.05) is 39.2 Å². The third-order valence-corrected chi connectivity index (χ3v) is 17.9. The number of amides is 7. The molecule has 4 bridgehead atoms. The normalized spacial score (nSPS) is 30.3. The molecule has 4 aliphatic heterocycles. The van der Waals surface area contributed by atoms with Gasteiger partial charge < -0.3 is 45.4 Å². The van der Waals surface area contributed by atoms with Crippen LogP contribution in [0.2, 0.25) is 0 Å². The number of carbonyl (C=O) groups is 8. The number of ether oxygens (including phenoxy) is 1. The molecule has 0 aliphatic carbocycles. The number of carbonyl (C=O) groups excluding carboxylic acids is 8. The van der Waals surface area contributed by atoms with Crippen LogP contribution in [0.3, 0.4) is 0 Å². The van der Waals surface area contributed by atoms with Crippen LogP contribution in [0.5, 0.6) is 0 Å². The fourth-order valence-corrected chi connectivity index (χ4v) is 12.8. The van der Waals surface area contributed by atoms with Gasteiger partial charge in [0, 0.05) is 51.7 Å². The van der Waals surface area contributed by atoms with Crippen molar-refractivity contribution in [2.45, 2.75) is 167 Å². The second-order valence-corrected chi connectivity index (χ2v) is 24.3. The Bertz CT molecular complexity index is 2570. The Morgan fingerprint density at radius 2 is 1.36 bits per heavy atom. The van der Waals surface area contributed by atoms with E-state index in [9.17, 15) is 33.9 Å².